The molecule has 24 heavy (non-hydrogen) atoms. The lowest BCUT2D eigenvalue weighted by Gasteiger charge is -2.13. The Morgan fingerprint density at radius 2 is 2.04 bits per heavy atom. The molecular weight excluding hydrogens is 308 g/mol. The van der Waals surface area contributed by atoms with Crippen LogP contribution in [0.15, 0.2) is 34.9 Å². The monoisotopic (exact) mass is 330 g/mol. The van der Waals surface area contributed by atoms with Gasteiger partial charge in [0.25, 0.3) is 5.91 Å². The summed E-state index contributed by atoms with van der Waals surface area (Å²) in [7, 11) is 0. The van der Waals surface area contributed by atoms with Gasteiger partial charge < -0.3 is 14.9 Å². The van der Waals surface area contributed by atoms with Crippen LogP contribution in [0.25, 0.3) is 0 Å². The Labute approximate surface area is 140 Å². The van der Waals surface area contributed by atoms with Crippen LogP contribution in [0.4, 0.5) is 0 Å². The molecule has 2 rings (SSSR count). The first kappa shape index (κ1) is 17.7. The molecule has 1 heterocycles. The number of carbonyl (C=O) groups excluding carboxylic acids is 1. The highest BCUT2D eigenvalue weighted by Gasteiger charge is 2.21. The zero-order valence-corrected chi connectivity index (χ0v) is 14.1. The summed E-state index contributed by atoms with van der Waals surface area (Å²) in [5.74, 6) is -1.32. The standard InChI is InChI=1S/C18H22N2O4/c1-11(2)16-9-15(20-24-16)17(21)19-10-14(18(22)23)8-13-6-4-5-12(3)7-13/h4-7,9,11,14H,8,10H2,1-3H3,(H,19,21)(H,22,23). The van der Waals surface area contributed by atoms with Crippen molar-refractivity contribution in [3.05, 3.63) is 52.9 Å². The van der Waals surface area contributed by atoms with E-state index in [2.05, 4.69) is 10.5 Å². The molecule has 0 spiro atoms. The van der Waals surface area contributed by atoms with Crippen LogP contribution in [0.3, 0.4) is 0 Å². The zero-order valence-electron chi connectivity index (χ0n) is 14.1. The van der Waals surface area contributed by atoms with Gasteiger partial charge in [0.2, 0.25) is 0 Å². The molecule has 128 valence electrons. The van der Waals surface area contributed by atoms with E-state index in [1.807, 2.05) is 45.0 Å². The fourth-order valence-electron chi connectivity index (χ4n) is 2.35. The van der Waals surface area contributed by atoms with E-state index in [4.69, 9.17) is 4.52 Å². The Morgan fingerprint density at radius 3 is 2.62 bits per heavy atom. The first-order chi connectivity index (χ1) is 11.4. The zero-order chi connectivity index (χ0) is 17.7. The number of nitrogens with zero attached hydrogens (tertiary/aromatic N) is 1. The van der Waals surface area contributed by atoms with E-state index in [-0.39, 0.29) is 18.2 Å². The number of amides is 1. The number of aliphatic carboxylic acids is 1. The van der Waals surface area contributed by atoms with Crippen molar-refractivity contribution in [3.63, 3.8) is 0 Å². The van der Waals surface area contributed by atoms with Crippen LogP contribution in [-0.4, -0.2) is 28.7 Å². The van der Waals surface area contributed by atoms with E-state index in [1.165, 1.54) is 0 Å². The van der Waals surface area contributed by atoms with Crippen molar-refractivity contribution < 1.29 is 19.2 Å². The molecule has 1 amide bonds. The van der Waals surface area contributed by atoms with Crippen molar-refractivity contribution in [1.29, 1.82) is 0 Å². The van der Waals surface area contributed by atoms with Gasteiger partial charge in [-0.3, -0.25) is 9.59 Å². The number of carboxylic acids is 1. The Bertz CT molecular complexity index is 721. The van der Waals surface area contributed by atoms with Gasteiger partial charge in [0.05, 0.1) is 5.92 Å². The molecule has 2 aromatic rings. The number of hydrogen-bond donors (Lipinski definition) is 2. The van der Waals surface area contributed by atoms with Crippen LogP contribution >= 0.6 is 0 Å². The largest absolute Gasteiger partial charge is 0.481 e. The summed E-state index contributed by atoms with van der Waals surface area (Å²) in [5.41, 5.74) is 2.17. The first-order valence-corrected chi connectivity index (χ1v) is 7.90. The summed E-state index contributed by atoms with van der Waals surface area (Å²) < 4.78 is 5.08. The number of aryl methyl sites for hydroxylation is 1. The average molecular weight is 330 g/mol. The van der Waals surface area contributed by atoms with E-state index in [0.717, 1.165) is 11.1 Å². The molecule has 0 radical (unpaired) electrons. The Hall–Kier alpha value is -2.63. The third-order valence-corrected chi connectivity index (χ3v) is 3.75. The van der Waals surface area contributed by atoms with Crippen molar-refractivity contribution >= 4 is 11.9 Å². The molecule has 0 aliphatic carbocycles. The minimum absolute atomic E-state index is 0.0337. The molecule has 1 aromatic carbocycles. The highest BCUT2D eigenvalue weighted by Crippen LogP contribution is 2.15. The minimum Gasteiger partial charge on any atom is -0.481 e. The Kier molecular flexibility index (Phi) is 5.73. The maximum Gasteiger partial charge on any atom is 0.308 e. The SMILES string of the molecule is Cc1cccc(CC(CNC(=O)c2cc(C(C)C)on2)C(=O)O)c1. The van der Waals surface area contributed by atoms with Crippen molar-refractivity contribution in [1.82, 2.24) is 10.5 Å². The molecule has 0 aliphatic rings. The molecule has 6 nitrogen and oxygen atoms in total. The lowest BCUT2D eigenvalue weighted by atomic mass is 9.98. The van der Waals surface area contributed by atoms with Crippen LogP contribution < -0.4 is 5.32 Å². The minimum atomic E-state index is -0.945. The van der Waals surface area contributed by atoms with Crippen LogP contribution in [0.1, 0.15) is 47.1 Å². The quantitative estimate of drug-likeness (QED) is 0.814. The topological polar surface area (TPSA) is 92.4 Å². The van der Waals surface area contributed by atoms with Gasteiger partial charge in [-0.15, -0.1) is 0 Å². The van der Waals surface area contributed by atoms with Gasteiger partial charge in [-0.05, 0) is 18.9 Å². The third-order valence-electron chi connectivity index (χ3n) is 3.75. The number of carboxylic acid groups (broad SMARTS) is 1. The summed E-state index contributed by atoms with van der Waals surface area (Å²) in [6.07, 6.45) is 0.355. The fourth-order valence-corrected chi connectivity index (χ4v) is 2.35. The van der Waals surface area contributed by atoms with Crippen LogP contribution in [0.5, 0.6) is 0 Å². The maximum absolute atomic E-state index is 12.1. The molecule has 0 bridgehead atoms. The van der Waals surface area contributed by atoms with E-state index >= 15 is 0 Å². The molecule has 1 unspecified atom stereocenters. The van der Waals surface area contributed by atoms with E-state index in [0.29, 0.717) is 12.2 Å². The number of aromatic nitrogens is 1. The molecule has 0 saturated carbocycles. The summed E-state index contributed by atoms with van der Waals surface area (Å²) >= 11 is 0. The van der Waals surface area contributed by atoms with Gasteiger partial charge in [-0.25, -0.2) is 0 Å². The molecule has 1 aromatic heterocycles. The Morgan fingerprint density at radius 1 is 1.29 bits per heavy atom. The smallest absolute Gasteiger partial charge is 0.308 e. The van der Waals surface area contributed by atoms with Gasteiger partial charge in [-0.2, -0.15) is 0 Å². The van der Waals surface area contributed by atoms with Gasteiger partial charge in [0.1, 0.15) is 5.76 Å². The van der Waals surface area contributed by atoms with Crippen molar-refractivity contribution in [2.24, 2.45) is 5.92 Å². The third kappa shape index (κ3) is 4.68. The lowest BCUT2D eigenvalue weighted by Crippen LogP contribution is -2.34. The second-order valence-corrected chi connectivity index (χ2v) is 6.21. The predicted molar refractivity (Wildman–Crippen MR) is 88.9 cm³/mol. The number of hydrogen-bond acceptors (Lipinski definition) is 4. The van der Waals surface area contributed by atoms with Crippen LogP contribution in [0.2, 0.25) is 0 Å². The molecule has 1 atom stereocenters. The van der Waals surface area contributed by atoms with Crippen molar-refractivity contribution in [2.75, 3.05) is 6.54 Å². The van der Waals surface area contributed by atoms with E-state index in [9.17, 15) is 14.7 Å². The summed E-state index contributed by atoms with van der Waals surface area (Å²) in [6.45, 7) is 5.86. The highest BCUT2D eigenvalue weighted by atomic mass is 16.5. The summed E-state index contributed by atoms with van der Waals surface area (Å²) in [6, 6.07) is 9.26. The molecule has 0 aliphatic heterocycles. The van der Waals surface area contributed by atoms with Crippen LogP contribution in [0, 0.1) is 12.8 Å². The van der Waals surface area contributed by atoms with Crippen LogP contribution in [-0.2, 0) is 11.2 Å². The first-order valence-electron chi connectivity index (χ1n) is 7.90. The number of nitrogens with one attached hydrogen (secondary N) is 1. The van der Waals surface area contributed by atoms with Gasteiger partial charge >= 0.3 is 5.97 Å². The Balaban J connectivity index is 1.97. The molecular formula is C18H22N2O4. The summed E-state index contributed by atoms with van der Waals surface area (Å²) in [5, 5.41) is 15.7. The normalized spacial score (nSPS) is 12.2. The van der Waals surface area contributed by atoms with Gasteiger partial charge in [0.15, 0.2) is 5.69 Å². The highest BCUT2D eigenvalue weighted by molar-refractivity contribution is 5.92. The second-order valence-electron chi connectivity index (χ2n) is 6.21. The van der Waals surface area contributed by atoms with E-state index < -0.39 is 17.8 Å². The number of rotatable bonds is 7. The van der Waals surface area contributed by atoms with E-state index in [1.54, 1.807) is 6.07 Å². The van der Waals surface area contributed by atoms with Crippen molar-refractivity contribution in [2.45, 2.75) is 33.1 Å². The fraction of sp³-hybridized carbons (Fsp3) is 0.389. The number of carbonyl (C=O) groups is 2. The average Bonchev–Trinajstić information content (AvgIpc) is 3.01. The number of benzene rings is 1. The summed E-state index contributed by atoms with van der Waals surface area (Å²) in [4.78, 5) is 23.5. The maximum atomic E-state index is 12.1. The molecule has 0 saturated heterocycles. The molecule has 2 N–H and O–H groups in total. The van der Waals surface area contributed by atoms with Gasteiger partial charge in [0, 0.05) is 18.5 Å². The second kappa shape index (κ2) is 7.77. The molecule has 0 fully saturated rings. The van der Waals surface area contributed by atoms with Crippen molar-refractivity contribution in [3.8, 4) is 0 Å². The van der Waals surface area contributed by atoms with Gasteiger partial charge in [-0.1, -0.05) is 48.8 Å². The lowest BCUT2D eigenvalue weighted by molar-refractivity contribution is -0.141. The molecule has 6 heteroatoms. The predicted octanol–water partition coefficient (Wildman–Crippen LogP) is 2.78.